The first-order chi connectivity index (χ1) is 9.67. The Labute approximate surface area is 134 Å². The van der Waals surface area contributed by atoms with Gasteiger partial charge >= 0.3 is 0 Å². The number of halogens is 1. The molecule has 0 bridgehead atoms. The molecule has 1 saturated heterocycles. The minimum absolute atomic E-state index is 0.0307. The monoisotopic (exact) mass is 372 g/mol. The summed E-state index contributed by atoms with van der Waals surface area (Å²) < 4.78 is 51.9. The average Bonchev–Trinajstić information content (AvgIpc) is 2.85. The van der Waals surface area contributed by atoms with Gasteiger partial charge in [-0.15, -0.1) is 11.3 Å². The van der Waals surface area contributed by atoms with E-state index in [1.165, 1.54) is 24.5 Å². The van der Waals surface area contributed by atoms with Crippen LogP contribution in [0.4, 0.5) is 0 Å². The molecule has 10 heteroatoms. The van der Waals surface area contributed by atoms with E-state index in [1.807, 2.05) is 0 Å². The van der Waals surface area contributed by atoms with Crippen molar-refractivity contribution in [2.75, 3.05) is 27.2 Å². The lowest BCUT2D eigenvalue weighted by atomic mass is 10.2. The summed E-state index contributed by atoms with van der Waals surface area (Å²) >= 11 is 6.94. The van der Waals surface area contributed by atoms with E-state index in [4.69, 9.17) is 11.6 Å². The Hall–Kier alpha value is -0.190. The van der Waals surface area contributed by atoms with Crippen LogP contribution < -0.4 is 0 Å². The lowest BCUT2D eigenvalue weighted by Crippen LogP contribution is -2.47. The third-order valence-corrected chi connectivity index (χ3v) is 9.54. The Kier molecular flexibility index (Phi) is 5.01. The third kappa shape index (κ3) is 3.27. The number of rotatable bonds is 4. The summed E-state index contributed by atoms with van der Waals surface area (Å²) in [5, 5.41) is 1.07. The molecule has 1 aromatic rings. The Morgan fingerprint density at radius 2 is 2.00 bits per heavy atom. The van der Waals surface area contributed by atoms with Crippen LogP contribution in [0.25, 0.3) is 0 Å². The summed E-state index contributed by atoms with van der Waals surface area (Å²) in [6.07, 6.45) is 0.977. The molecule has 0 amide bonds. The minimum Gasteiger partial charge on any atom is -0.212 e. The molecule has 6 nitrogen and oxygen atoms in total. The molecule has 1 atom stereocenters. The summed E-state index contributed by atoms with van der Waals surface area (Å²) in [5.41, 5.74) is 0. The molecule has 0 radical (unpaired) electrons. The molecule has 0 aliphatic carbocycles. The fraction of sp³-hybridized carbons (Fsp3) is 0.636. The maximum atomic E-state index is 12.6. The van der Waals surface area contributed by atoms with Crippen LogP contribution in [0.15, 0.2) is 15.7 Å². The summed E-state index contributed by atoms with van der Waals surface area (Å²) in [4.78, 5) is 0. The molecule has 2 rings (SSSR count). The van der Waals surface area contributed by atoms with Gasteiger partial charge in [-0.05, 0) is 24.3 Å². The van der Waals surface area contributed by atoms with Gasteiger partial charge in [-0.1, -0.05) is 11.6 Å². The standard InChI is InChI=1S/C11H17ClN2O4S3/c1-13(2)20(15,16)9-4-3-6-14(8-9)21(17,18)11-10(12)5-7-19-11/h5,7,9H,3-4,6,8H2,1-2H3. The normalized spacial score (nSPS) is 21.8. The quantitative estimate of drug-likeness (QED) is 0.801. The van der Waals surface area contributed by atoms with Crippen LogP contribution in [0.1, 0.15) is 12.8 Å². The number of piperidine rings is 1. The SMILES string of the molecule is CN(C)S(=O)(=O)C1CCCN(S(=O)(=O)c2sccc2Cl)C1. The zero-order valence-corrected chi connectivity index (χ0v) is 14.9. The molecule has 0 spiro atoms. The first-order valence-electron chi connectivity index (χ1n) is 6.32. The Morgan fingerprint density at radius 3 is 2.52 bits per heavy atom. The summed E-state index contributed by atoms with van der Waals surface area (Å²) in [5.74, 6) is 0. The Morgan fingerprint density at radius 1 is 1.33 bits per heavy atom. The first kappa shape index (κ1) is 17.2. The Bertz CT molecular complexity index is 712. The molecule has 1 unspecified atom stereocenters. The van der Waals surface area contributed by atoms with Gasteiger partial charge in [-0.3, -0.25) is 0 Å². The molecule has 0 saturated carbocycles. The van der Waals surface area contributed by atoms with Crippen LogP contribution in [0, 0.1) is 0 Å². The van der Waals surface area contributed by atoms with Crippen LogP contribution in [-0.4, -0.2) is 57.9 Å². The van der Waals surface area contributed by atoms with Crippen LogP contribution in [0.5, 0.6) is 0 Å². The highest BCUT2D eigenvalue weighted by molar-refractivity contribution is 7.91. The third-order valence-electron chi connectivity index (χ3n) is 3.43. The van der Waals surface area contributed by atoms with E-state index < -0.39 is 25.3 Å². The number of sulfonamides is 2. The summed E-state index contributed by atoms with van der Waals surface area (Å²) in [7, 11) is -4.29. The van der Waals surface area contributed by atoms with Gasteiger partial charge in [0, 0.05) is 27.2 Å². The summed E-state index contributed by atoms with van der Waals surface area (Å²) in [6.45, 7) is 0.285. The molecule has 1 aliphatic heterocycles. The van der Waals surface area contributed by atoms with Crippen molar-refractivity contribution in [1.82, 2.24) is 8.61 Å². The average molecular weight is 373 g/mol. The zero-order chi connectivity index (χ0) is 15.8. The maximum Gasteiger partial charge on any atom is 0.254 e. The van der Waals surface area contributed by atoms with Crippen LogP contribution in [-0.2, 0) is 20.0 Å². The van der Waals surface area contributed by atoms with Gasteiger partial charge in [-0.2, -0.15) is 4.31 Å². The molecular formula is C11H17ClN2O4S3. The molecule has 1 aliphatic rings. The highest BCUT2D eigenvalue weighted by Gasteiger charge is 2.38. The predicted octanol–water partition coefficient (Wildman–Crippen LogP) is 1.45. The van der Waals surface area contributed by atoms with Crippen molar-refractivity contribution in [1.29, 1.82) is 0 Å². The van der Waals surface area contributed by atoms with Crippen molar-refractivity contribution in [2.24, 2.45) is 0 Å². The van der Waals surface area contributed by atoms with E-state index in [-0.39, 0.29) is 15.8 Å². The van der Waals surface area contributed by atoms with Crippen molar-refractivity contribution >= 4 is 43.0 Å². The van der Waals surface area contributed by atoms with Gasteiger partial charge in [0.15, 0.2) is 4.21 Å². The smallest absolute Gasteiger partial charge is 0.212 e. The van der Waals surface area contributed by atoms with E-state index in [0.29, 0.717) is 19.4 Å². The molecule has 1 fully saturated rings. The molecule has 21 heavy (non-hydrogen) atoms. The highest BCUT2D eigenvalue weighted by atomic mass is 35.5. The van der Waals surface area contributed by atoms with Gasteiger partial charge in [0.2, 0.25) is 10.0 Å². The minimum atomic E-state index is -3.73. The second kappa shape index (κ2) is 6.13. The van der Waals surface area contributed by atoms with E-state index >= 15 is 0 Å². The first-order valence-corrected chi connectivity index (χ1v) is 10.5. The largest absolute Gasteiger partial charge is 0.254 e. The second-order valence-electron chi connectivity index (χ2n) is 5.01. The topological polar surface area (TPSA) is 74.8 Å². The van der Waals surface area contributed by atoms with Crippen molar-refractivity contribution in [3.63, 3.8) is 0 Å². The van der Waals surface area contributed by atoms with Crippen molar-refractivity contribution in [3.05, 3.63) is 16.5 Å². The lowest BCUT2D eigenvalue weighted by Gasteiger charge is -2.32. The lowest BCUT2D eigenvalue weighted by molar-refractivity contribution is 0.340. The van der Waals surface area contributed by atoms with Gasteiger partial charge in [0.05, 0.1) is 10.3 Å². The van der Waals surface area contributed by atoms with Crippen LogP contribution in [0.3, 0.4) is 0 Å². The number of thiophene rings is 1. The molecule has 0 N–H and O–H groups in total. The zero-order valence-electron chi connectivity index (χ0n) is 11.7. The molecule has 2 heterocycles. The summed E-state index contributed by atoms with van der Waals surface area (Å²) in [6, 6.07) is 1.52. The fourth-order valence-electron chi connectivity index (χ4n) is 2.25. The molecular weight excluding hydrogens is 356 g/mol. The maximum absolute atomic E-state index is 12.6. The predicted molar refractivity (Wildman–Crippen MR) is 83.7 cm³/mol. The number of hydrogen-bond donors (Lipinski definition) is 0. The van der Waals surface area contributed by atoms with Gasteiger partial charge < -0.3 is 0 Å². The van der Waals surface area contributed by atoms with Gasteiger partial charge in [0.1, 0.15) is 0 Å². The van der Waals surface area contributed by atoms with E-state index in [1.54, 1.807) is 5.38 Å². The fourth-order valence-corrected chi connectivity index (χ4v) is 7.11. The Balaban J connectivity index is 2.29. The number of hydrogen-bond acceptors (Lipinski definition) is 5. The molecule has 120 valence electrons. The molecule has 1 aromatic heterocycles. The van der Waals surface area contributed by atoms with Crippen LogP contribution >= 0.6 is 22.9 Å². The van der Waals surface area contributed by atoms with Gasteiger partial charge in [-0.25, -0.2) is 21.1 Å². The van der Waals surface area contributed by atoms with Crippen molar-refractivity contribution in [3.8, 4) is 0 Å². The van der Waals surface area contributed by atoms with E-state index in [0.717, 1.165) is 15.6 Å². The number of nitrogens with zero attached hydrogens (tertiary/aromatic N) is 2. The molecule has 0 aromatic carbocycles. The van der Waals surface area contributed by atoms with Crippen LogP contribution in [0.2, 0.25) is 5.02 Å². The van der Waals surface area contributed by atoms with Gasteiger partial charge in [0.25, 0.3) is 10.0 Å². The van der Waals surface area contributed by atoms with Crippen molar-refractivity contribution in [2.45, 2.75) is 22.3 Å². The van der Waals surface area contributed by atoms with Crippen molar-refractivity contribution < 1.29 is 16.8 Å². The highest BCUT2D eigenvalue weighted by Crippen LogP contribution is 2.32. The second-order valence-corrected chi connectivity index (χ2v) is 10.9. The van der Waals surface area contributed by atoms with E-state index in [2.05, 4.69) is 0 Å². The van der Waals surface area contributed by atoms with E-state index in [9.17, 15) is 16.8 Å².